The molecule has 0 aliphatic carbocycles. The van der Waals surface area contributed by atoms with Gasteiger partial charge in [0.1, 0.15) is 0 Å². The molecule has 8 heteroatoms. The van der Waals surface area contributed by atoms with Gasteiger partial charge in [0.05, 0.1) is 16.8 Å². The first-order valence-electron chi connectivity index (χ1n) is 8.83. The Morgan fingerprint density at radius 2 is 1.92 bits per heavy atom. The SMILES string of the molecule is Cc1noc(C2CCN(C3CCN(c4ccc(Cl)cc4Cl)C3=O)CC2)n1. The fraction of sp³-hybridized carbons (Fsp3) is 0.500. The Bertz CT molecular complexity index is 817. The molecule has 0 bridgehead atoms. The van der Waals surface area contributed by atoms with E-state index in [2.05, 4.69) is 15.0 Å². The molecule has 1 aromatic carbocycles. The van der Waals surface area contributed by atoms with Gasteiger partial charge in [0.25, 0.3) is 0 Å². The van der Waals surface area contributed by atoms with Gasteiger partial charge in [-0.15, -0.1) is 0 Å². The Morgan fingerprint density at radius 3 is 2.58 bits per heavy atom. The number of nitrogens with zero attached hydrogens (tertiary/aromatic N) is 4. The largest absolute Gasteiger partial charge is 0.339 e. The molecule has 2 aliphatic rings. The number of anilines is 1. The molecule has 4 rings (SSSR count). The molecule has 0 spiro atoms. The van der Waals surface area contributed by atoms with Gasteiger partial charge in [-0.25, -0.2) is 0 Å². The Morgan fingerprint density at radius 1 is 1.15 bits per heavy atom. The highest BCUT2D eigenvalue weighted by Crippen LogP contribution is 2.34. The number of piperidine rings is 1. The molecule has 1 unspecified atom stereocenters. The van der Waals surface area contributed by atoms with Crippen molar-refractivity contribution in [3.8, 4) is 0 Å². The molecule has 1 amide bonds. The maximum absolute atomic E-state index is 12.9. The van der Waals surface area contributed by atoms with Crippen LogP contribution in [0.4, 0.5) is 5.69 Å². The Kier molecular flexibility index (Phi) is 4.90. The van der Waals surface area contributed by atoms with Gasteiger partial charge in [-0.1, -0.05) is 28.4 Å². The van der Waals surface area contributed by atoms with E-state index in [0.717, 1.165) is 43.9 Å². The van der Waals surface area contributed by atoms with Gasteiger partial charge in [0, 0.05) is 17.5 Å². The topological polar surface area (TPSA) is 62.5 Å². The zero-order valence-corrected chi connectivity index (χ0v) is 16.0. The second-order valence-electron chi connectivity index (χ2n) is 6.88. The van der Waals surface area contributed by atoms with E-state index in [1.807, 2.05) is 13.0 Å². The number of amides is 1. The van der Waals surface area contributed by atoms with Crippen LogP contribution in [0.15, 0.2) is 22.7 Å². The molecule has 6 nitrogen and oxygen atoms in total. The van der Waals surface area contributed by atoms with Crippen molar-refractivity contribution in [1.82, 2.24) is 15.0 Å². The van der Waals surface area contributed by atoms with Crippen molar-refractivity contribution in [2.45, 2.75) is 38.1 Å². The summed E-state index contributed by atoms with van der Waals surface area (Å²) in [6.07, 6.45) is 2.66. The number of aryl methyl sites for hydroxylation is 1. The smallest absolute Gasteiger partial charge is 0.244 e. The number of carbonyl (C=O) groups is 1. The molecule has 138 valence electrons. The molecule has 0 saturated carbocycles. The summed E-state index contributed by atoms with van der Waals surface area (Å²) >= 11 is 12.2. The molecule has 26 heavy (non-hydrogen) atoms. The van der Waals surface area contributed by atoms with E-state index in [-0.39, 0.29) is 17.9 Å². The van der Waals surface area contributed by atoms with Crippen molar-refractivity contribution in [1.29, 1.82) is 0 Å². The number of hydrogen-bond acceptors (Lipinski definition) is 5. The van der Waals surface area contributed by atoms with Crippen LogP contribution in [0.2, 0.25) is 10.0 Å². The number of benzene rings is 1. The van der Waals surface area contributed by atoms with E-state index in [1.165, 1.54) is 0 Å². The molecule has 2 saturated heterocycles. The summed E-state index contributed by atoms with van der Waals surface area (Å²) in [6.45, 7) is 4.21. The number of likely N-dealkylation sites (tertiary alicyclic amines) is 1. The van der Waals surface area contributed by atoms with Crippen LogP contribution < -0.4 is 4.90 Å². The molecular weight excluding hydrogens is 375 g/mol. The first-order chi connectivity index (χ1) is 12.5. The van der Waals surface area contributed by atoms with Crippen LogP contribution in [0.5, 0.6) is 0 Å². The summed E-state index contributed by atoms with van der Waals surface area (Å²) in [6, 6.07) is 5.17. The molecule has 1 aromatic heterocycles. The van der Waals surface area contributed by atoms with E-state index in [1.54, 1.807) is 17.0 Å². The third kappa shape index (κ3) is 3.33. The van der Waals surface area contributed by atoms with Gasteiger partial charge >= 0.3 is 0 Å². The summed E-state index contributed by atoms with van der Waals surface area (Å²) in [4.78, 5) is 21.3. The lowest BCUT2D eigenvalue weighted by Gasteiger charge is -2.33. The lowest BCUT2D eigenvalue weighted by atomic mass is 9.95. The average molecular weight is 395 g/mol. The zero-order chi connectivity index (χ0) is 18.3. The van der Waals surface area contributed by atoms with Crippen LogP contribution in [-0.2, 0) is 4.79 Å². The summed E-state index contributed by atoms with van der Waals surface area (Å²) < 4.78 is 5.30. The summed E-state index contributed by atoms with van der Waals surface area (Å²) in [7, 11) is 0. The summed E-state index contributed by atoms with van der Waals surface area (Å²) in [5, 5.41) is 4.96. The molecule has 0 N–H and O–H groups in total. The number of carbonyl (C=O) groups excluding carboxylic acids is 1. The van der Waals surface area contributed by atoms with E-state index in [0.29, 0.717) is 22.4 Å². The Labute approximate surface area is 162 Å². The minimum atomic E-state index is -0.0906. The fourth-order valence-corrected chi connectivity index (χ4v) is 4.39. The highest BCUT2D eigenvalue weighted by atomic mass is 35.5. The number of rotatable bonds is 3. The van der Waals surface area contributed by atoms with Crippen molar-refractivity contribution < 1.29 is 9.32 Å². The predicted molar refractivity (Wildman–Crippen MR) is 99.8 cm³/mol. The van der Waals surface area contributed by atoms with E-state index < -0.39 is 0 Å². The third-order valence-corrected chi connectivity index (χ3v) is 5.78. The second-order valence-corrected chi connectivity index (χ2v) is 7.72. The van der Waals surface area contributed by atoms with Crippen molar-refractivity contribution in [2.24, 2.45) is 0 Å². The Hall–Kier alpha value is -1.63. The first-order valence-corrected chi connectivity index (χ1v) is 9.59. The normalized spacial score (nSPS) is 22.3. The second kappa shape index (κ2) is 7.18. The van der Waals surface area contributed by atoms with E-state index >= 15 is 0 Å². The minimum absolute atomic E-state index is 0.0906. The average Bonchev–Trinajstić information content (AvgIpc) is 3.22. The van der Waals surface area contributed by atoms with Gasteiger partial charge in [-0.2, -0.15) is 4.98 Å². The number of halogens is 2. The first kappa shape index (κ1) is 17.8. The third-order valence-electron chi connectivity index (χ3n) is 5.24. The van der Waals surface area contributed by atoms with Gasteiger partial charge in [0.15, 0.2) is 5.82 Å². The monoisotopic (exact) mass is 394 g/mol. The van der Waals surface area contributed by atoms with Crippen LogP contribution in [0.25, 0.3) is 0 Å². The van der Waals surface area contributed by atoms with Crippen molar-refractivity contribution in [3.63, 3.8) is 0 Å². The van der Waals surface area contributed by atoms with E-state index in [4.69, 9.17) is 27.7 Å². The number of aromatic nitrogens is 2. The highest BCUT2D eigenvalue weighted by Gasteiger charge is 2.39. The van der Waals surface area contributed by atoms with Crippen LogP contribution in [0.3, 0.4) is 0 Å². The minimum Gasteiger partial charge on any atom is -0.339 e. The van der Waals surface area contributed by atoms with Gasteiger partial charge in [0.2, 0.25) is 11.8 Å². The van der Waals surface area contributed by atoms with Crippen molar-refractivity contribution in [2.75, 3.05) is 24.5 Å². The van der Waals surface area contributed by atoms with Gasteiger partial charge in [-0.05, 0) is 57.5 Å². The molecule has 0 radical (unpaired) electrons. The molecule has 2 aliphatic heterocycles. The van der Waals surface area contributed by atoms with Gasteiger partial charge < -0.3 is 9.42 Å². The molecular formula is C18H20Cl2N4O2. The maximum atomic E-state index is 12.9. The van der Waals surface area contributed by atoms with Crippen LogP contribution in [0.1, 0.15) is 36.9 Å². The van der Waals surface area contributed by atoms with Crippen LogP contribution in [-0.4, -0.2) is 46.6 Å². The van der Waals surface area contributed by atoms with Gasteiger partial charge in [-0.3, -0.25) is 9.69 Å². The molecule has 2 aromatic rings. The number of hydrogen-bond donors (Lipinski definition) is 0. The standard InChI is InChI=1S/C18H20Cl2N4O2/c1-11-21-17(26-22-11)12-4-7-23(8-5-12)16-6-9-24(18(16)25)15-3-2-13(19)10-14(15)20/h2-3,10,12,16H,4-9H2,1H3. The summed E-state index contributed by atoms with van der Waals surface area (Å²) in [5.74, 6) is 1.78. The lowest BCUT2D eigenvalue weighted by molar-refractivity contribution is -0.122. The van der Waals surface area contributed by atoms with Crippen LogP contribution in [0, 0.1) is 6.92 Å². The fourth-order valence-electron chi connectivity index (χ4n) is 3.88. The lowest BCUT2D eigenvalue weighted by Crippen LogP contribution is -2.45. The quantitative estimate of drug-likeness (QED) is 0.794. The maximum Gasteiger partial charge on any atom is 0.244 e. The van der Waals surface area contributed by atoms with Crippen molar-refractivity contribution in [3.05, 3.63) is 40.0 Å². The molecule has 2 fully saturated rings. The van der Waals surface area contributed by atoms with E-state index in [9.17, 15) is 4.79 Å². The van der Waals surface area contributed by atoms with Crippen molar-refractivity contribution >= 4 is 34.8 Å². The summed E-state index contributed by atoms with van der Waals surface area (Å²) in [5.41, 5.74) is 0.736. The zero-order valence-electron chi connectivity index (χ0n) is 14.5. The Balaban J connectivity index is 1.41. The highest BCUT2D eigenvalue weighted by molar-refractivity contribution is 6.36. The molecule has 3 heterocycles. The molecule has 1 atom stereocenters. The predicted octanol–water partition coefficient (Wildman–Crippen LogP) is 3.67. The van der Waals surface area contributed by atoms with Crippen LogP contribution >= 0.6 is 23.2 Å².